The summed E-state index contributed by atoms with van der Waals surface area (Å²) in [6.07, 6.45) is 1.71. The molecule has 6 nitrogen and oxygen atoms in total. The van der Waals surface area contributed by atoms with E-state index in [1.54, 1.807) is 13.3 Å². The highest BCUT2D eigenvalue weighted by Crippen LogP contribution is 2.25. The highest BCUT2D eigenvalue weighted by Gasteiger charge is 2.17. The van der Waals surface area contributed by atoms with Gasteiger partial charge in [0.15, 0.2) is 5.65 Å². The van der Waals surface area contributed by atoms with Crippen LogP contribution in [0.15, 0.2) is 6.20 Å². The van der Waals surface area contributed by atoms with Crippen molar-refractivity contribution in [3.8, 4) is 0 Å². The van der Waals surface area contributed by atoms with Gasteiger partial charge in [-0.25, -0.2) is 0 Å². The summed E-state index contributed by atoms with van der Waals surface area (Å²) in [5, 5.41) is 7.87. The molecule has 0 saturated heterocycles. The van der Waals surface area contributed by atoms with Crippen LogP contribution in [0.1, 0.15) is 13.8 Å². The van der Waals surface area contributed by atoms with Gasteiger partial charge in [-0.05, 0) is 25.4 Å². The maximum absolute atomic E-state index is 5.94. The van der Waals surface area contributed by atoms with Crippen molar-refractivity contribution in [1.29, 1.82) is 0 Å². The lowest BCUT2D eigenvalue weighted by Crippen LogP contribution is -2.34. The van der Waals surface area contributed by atoms with Crippen LogP contribution in [0.4, 0.5) is 5.82 Å². The lowest BCUT2D eigenvalue weighted by molar-refractivity contribution is 0.203. The molecule has 0 spiro atoms. The van der Waals surface area contributed by atoms with Crippen molar-refractivity contribution in [2.24, 2.45) is 0 Å². The monoisotopic (exact) mass is 269 g/mol. The number of ether oxygens (including phenoxy) is 1. The molecule has 0 aliphatic rings. The first-order valence-corrected chi connectivity index (χ1v) is 6.13. The van der Waals surface area contributed by atoms with Crippen LogP contribution in [0.25, 0.3) is 11.0 Å². The van der Waals surface area contributed by atoms with E-state index in [-0.39, 0.29) is 11.3 Å². The number of aromatic nitrogens is 4. The molecular formula is C11H16ClN5O. The summed E-state index contributed by atoms with van der Waals surface area (Å²) in [6, 6.07) is 0.282. The van der Waals surface area contributed by atoms with Crippen LogP contribution in [0.3, 0.4) is 0 Å². The molecule has 2 rings (SSSR count). The minimum absolute atomic E-state index is 0.213. The molecule has 1 N–H and O–H groups in total. The number of hydrogen-bond donors (Lipinski definition) is 1. The third-order valence-electron chi connectivity index (χ3n) is 2.69. The Morgan fingerprint density at radius 2 is 2.22 bits per heavy atom. The Morgan fingerprint density at radius 1 is 1.44 bits per heavy atom. The van der Waals surface area contributed by atoms with Gasteiger partial charge in [0, 0.05) is 19.7 Å². The van der Waals surface area contributed by atoms with Crippen LogP contribution in [0.2, 0.25) is 5.28 Å². The van der Waals surface area contributed by atoms with Crippen molar-refractivity contribution in [2.75, 3.05) is 25.2 Å². The summed E-state index contributed by atoms with van der Waals surface area (Å²) in [7, 11) is 1.68. The second-order valence-electron chi connectivity index (χ2n) is 4.23. The molecule has 2 aromatic heterocycles. The molecule has 0 amide bonds. The summed E-state index contributed by atoms with van der Waals surface area (Å²) in [6.45, 7) is 5.55. The predicted octanol–water partition coefficient (Wildman–Crippen LogP) is 1.87. The molecule has 0 bridgehead atoms. The van der Waals surface area contributed by atoms with Crippen LogP contribution in [0.5, 0.6) is 0 Å². The van der Waals surface area contributed by atoms with E-state index in [2.05, 4.69) is 38.9 Å². The zero-order chi connectivity index (χ0) is 13.1. The average Bonchev–Trinajstić information content (AvgIpc) is 2.76. The Bertz CT molecular complexity index is 527. The predicted molar refractivity (Wildman–Crippen MR) is 71.1 cm³/mol. The fraction of sp³-hybridized carbons (Fsp3) is 0.545. The average molecular weight is 270 g/mol. The minimum atomic E-state index is 0.213. The van der Waals surface area contributed by atoms with Crippen LogP contribution < -0.4 is 4.90 Å². The number of anilines is 1. The van der Waals surface area contributed by atoms with Gasteiger partial charge in [0.05, 0.1) is 18.2 Å². The van der Waals surface area contributed by atoms with Gasteiger partial charge in [0.25, 0.3) is 0 Å². The second-order valence-corrected chi connectivity index (χ2v) is 4.57. The minimum Gasteiger partial charge on any atom is -0.383 e. The number of methoxy groups -OCH3 is 1. The molecule has 18 heavy (non-hydrogen) atoms. The Morgan fingerprint density at radius 3 is 2.89 bits per heavy atom. The maximum Gasteiger partial charge on any atom is 0.226 e. The Hall–Kier alpha value is -1.40. The van der Waals surface area contributed by atoms with Crippen LogP contribution >= 0.6 is 11.6 Å². The second kappa shape index (κ2) is 5.49. The molecule has 0 fully saturated rings. The Labute approximate surface area is 110 Å². The number of nitrogens with one attached hydrogen (secondary N) is 1. The van der Waals surface area contributed by atoms with Gasteiger partial charge in [-0.3, -0.25) is 5.10 Å². The Kier molecular flexibility index (Phi) is 3.98. The van der Waals surface area contributed by atoms with Crippen LogP contribution in [-0.4, -0.2) is 46.5 Å². The topological polar surface area (TPSA) is 66.9 Å². The molecular weight excluding hydrogens is 254 g/mol. The van der Waals surface area contributed by atoms with Gasteiger partial charge in [0.1, 0.15) is 5.82 Å². The lowest BCUT2D eigenvalue weighted by Gasteiger charge is -2.27. The van der Waals surface area contributed by atoms with E-state index in [1.165, 1.54) is 0 Å². The van der Waals surface area contributed by atoms with E-state index in [9.17, 15) is 0 Å². The first-order valence-electron chi connectivity index (χ1n) is 5.75. The number of halogens is 1. The summed E-state index contributed by atoms with van der Waals surface area (Å²) >= 11 is 5.94. The molecule has 0 saturated carbocycles. The van der Waals surface area contributed by atoms with Crippen LogP contribution in [0, 0.1) is 0 Å². The fourth-order valence-corrected chi connectivity index (χ4v) is 1.97. The highest BCUT2D eigenvalue weighted by molar-refractivity contribution is 6.28. The standard InChI is InChI=1S/C11H16ClN5O/c1-7(2)17(4-5-18-3)10-8-6-13-16-9(8)14-11(12)15-10/h6-7H,4-5H2,1-3H3,(H,13,14,15,16). The molecule has 0 aliphatic carbocycles. The van der Waals surface area contributed by atoms with E-state index in [4.69, 9.17) is 16.3 Å². The van der Waals surface area contributed by atoms with Crippen molar-refractivity contribution in [2.45, 2.75) is 19.9 Å². The van der Waals surface area contributed by atoms with Crippen molar-refractivity contribution < 1.29 is 4.74 Å². The van der Waals surface area contributed by atoms with Crippen LogP contribution in [-0.2, 0) is 4.74 Å². The molecule has 98 valence electrons. The largest absolute Gasteiger partial charge is 0.383 e. The summed E-state index contributed by atoms with van der Waals surface area (Å²) < 4.78 is 5.13. The third-order valence-corrected chi connectivity index (χ3v) is 2.86. The number of aromatic amines is 1. The highest BCUT2D eigenvalue weighted by atomic mass is 35.5. The zero-order valence-electron chi connectivity index (χ0n) is 10.6. The third kappa shape index (κ3) is 2.54. The van der Waals surface area contributed by atoms with Gasteiger partial charge >= 0.3 is 0 Å². The zero-order valence-corrected chi connectivity index (χ0v) is 11.4. The van der Waals surface area contributed by atoms with Gasteiger partial charge in [-0.15, -0.1) is 0 Å². The van der Waals surface area contributed by atoms with E-state index in [1.807, 2.05) is 0 Å². The molecule has 0 aromatic carbocycles. The fourth-order valence-electron chi connectivity index (χ4n) is 1.81. The van der Waals surface area contributed by atoms with Crippen molar-refractivity contribution in [3.63, 3.8) is 0 Å². The normalized spacial score (nSPS) is 11.4. The van der Waals surface area contributed by atoms with Crippen molar-refractivity contribution >= 4 is 28.5 Å². The molecule has 2 aromatic rings. The van der Waals surface area contributed by atoms with E-state index in [0.29, 0.717) is 12.3 Å². The van der Waals surface area contributed by atoms with Gasteiger partial charge in [-0.1, -0.05) is 0 Å². The molecule has 0 atom stereocenters. The molecule has 0 aliphatic heterocycles. The SMILES string of the molecule is COCCN(c1nc(Cl)nc2[nH]ncc12)C(C)C. The number of nitrogens with zero attached hydrogens (tertiary/aromatic N) is 4. The molecule has 7 heteroatoms. The van der Waals surface area contributed by atoms with Gasteiger partial charge < -0.3 is 9.64 Å². The first kappa shape index (κ1) is 13.0. The lowest BCUT2D eigenvalue weighted by atomic mass is 10.2. The van der Waals surface area contributed by atoms with Crippen molar-refractivity contribution in [3.05, 3.63) is 11.5 Å². The number of hydrogen-bond acceptors (Lipinski definition) is 5. The molecule has 2 heterocycles. The quantitative estimate of drug-likeness (QED) is 0.840. The molecule has 0 unspecified atom stereocenters. The smallest absolute Gasteiger partial charge is 0.226 e. The van der Waals surface area contributed by atoms with E-state index < -0.39 is 0 Å². The van der Waals surface area contributed by atoms with Gasteiger partial charge in [-0.2, -0.15) is 15.1 Å². The number of rotatable bonds is 5. The van der Waals surface area contributed by atoms with Gasteiger partial charge in [0.2, 0.25) is 5.28 Å². The van der Waals surface area contributed by atoms with E-state index >= 15 is 0 Å². The number of fused-ring (bicyclic) bond motifs is 1. The molecule has 0 radical (unpaired) electrons. The van der Waals surface area contributed by atoms with E-state index in [0.717, 1.165) is 17.7 Å². The summed E-state index contributed by atoms with van der Waals surface area (Å²) in [5.41, 5.74) is 0.646. The number of H-pyrrole nitrogens is 1. The Balaban J connectivity index is 2.45. The van der Waals surface area contributed by atoms with Crippen molar-refractivity contribution in [1.82, 2.24) is 20.2 Å². The summed E-state index contributed by atoms with van der Waals surface area (Å²) in [5.74, 6) is 0.783. The summed E-state index contributed by atoms with van der Waals surface area (Å²) in [4.78, 5) is 10.5. The maximum atomic E-state index is 5.94. The first-order chi connectivity index (χ1) is 8.63.